The lowest BCUT2D eigenvalue weighted by molar-refractivity contribution is -0.231. The molecule has 2 aromatic carbocycles. The van der Waals surface area contributed by atoms with Gasteiger partial charge in [0.15, 0.2) is 0 Å². The van der Waals surface area contributed by atoms with Crippen LogP contribution in [0.25, 0.3) is 11.1 Å². The van der Waals surface area contributed by atoms with Crippen molar-refractivity contribution in [1.82, 2.24) is 0 Å². The minimum Gasteiger partial charge on any atom is -0.400 e. The molecule has 8 N–H and O–H groups in total. The lowest BCUT2D eigenvalue weighted by atomic mass is 9.88. The van der Waals surface area contributed by atoms with Crippen molar-refractivity contribution in [3.05, 3.63) is 58.9 Å². The van der Waals surface area contributed by atoms with Gasteiger partial charge in [0.1, 0.15) is 48.5 Å². The van der Waals surface area contributed by atoms with Crippen LogP contribution < -0.4 is 0 Å². The molecule has 2 aliphatic rings. The third kappa shape index (κ3) is 6.02. The van der Waals surface area contributed by atoms with E-state index in [0.29, 0.717) is 22.3 Å². The number of hydrogen-bond donors (Lipinski definition) is 8. The smallest absolute Gasteiger partial charge is 0.131 e. The number of aliphatic hydroxyl groups excluding tert-OH is 8. The van der Waals surface area contributed by atoms with Crippen LogP contribution in [0.5, 0.6) is 0 Å². The van der Waals surface area contributed by atoms with Gasteiger partial charge < -0.3 is 50.3 Å². The summed E-state index contributed by atoms with van der Waals surface area (Å²) in [5, 5.41) is 76.5. The first-order chi connectivity index (χ1) is 17.7. The first kappa shape index (κ1) is 29.5. The van der Waals surface area contributed by atoms with E-state index in [-0.39, 0.29) is 12.0 Å². The van der Waals surface area contributed by atoms with Gasteiger partial charge in [-0.05, 0) is 35.2 Å². The molecule has 0 radical (unpaired) electrons. The maximum absolute atomic E-state index is 15.1. The predicted octanol–water partition coefficient (Wildman–Crippen LogP) is -0.531. The summed E-state index contributed by atoms with van der Waals surface area (Å²) in [4.78, 5) is 0. The average Bonchev–Trinajstić information content (AvgIpc) is 2.89. The lowest BCUT2D eigenvalue weighted by Gasteiger charge is -2.40. The standard InChI is InChI=1S/C25H31FO9.CH4O/c1-11-6-12(2-4-14(11)25-23(33)22(32)21(31)20(10-28)35-25)15-5-3-13(7-16(15)26)24-18(30)8-17(29)19(9-27)34-24;1-2/h2-7,17-25,27-33H,8-10H2,1H3;2H,1H3/t17-,18?,19?,20?,21+,22?,23?,24+,25+;/m0./s1. The van der Waals surface area contributed by atoms with Crippen molar-refractivity contribution in [2.24, 2.45) is 0 Å². The topological polar surface area (TPSA) is 180 Å². The Morgan fingerprint density at radius 2 is 1.43 bits per heavy atom. The average molecular weight is 527 g/mol. The Morgan fingerprint density at radius 3 is 2.03 bits per heavy atom. The van der Waals surface area contributed by atoms with Crippen LogP contribution in [-0.4, -0.2) is 104 Å². The van der Waals surface area contributed by atoms with E-state index < -0.39 is 74.0 Å². The fraction of sp³-hybridized carbons (Fsp3) is 0.538. The van der Waals surface area contributed by atoms with Crippen molar-refractivity contribution in [1.29, 1.82) is 0 Å². The Hall–Kier alpha value is -2.03. The minimum atomic E-state index is -1.50. The van der Waals surface area contributed by atoms with E-state index in [1.54, 1.807) is 37.3 Å². The number of halogens is 1. The van der Waals surface area contributed by atoms with Crippen molar-refractivity contribution >= 4 is 0 Å². The molecular weight excluding hydrogens is 491 g/mol. The fourth-order valence-corrected chi connectivity index (χ4v) is 4.82. The second-order valence-corrected chi connectivity index (χ2v) is 9.21. The highest BCUT2D eigenvalue weighted by Crippen LogP contribution is 2.37. The Bertz CT molecular complexity index is 1030. The molecule has 10 nitrogen and oxygen atoms in total. The van der Waals surface area contributed by atoms with Gasteiger partial charge in [0.25, 0.3) is 0 Å². The minimum absolute atomic E-state index is 0.00211. The first-order valence-corrected chi connectivity index (χ1v) is 11.9. The summed E-state index contributed by atoms with van der Waals surface area (Å²) >= 11 is 0. The van der Waals surface area contributed by atoms with Crippen molar-refractivity contribution in [3.8, 4) is 11.1 Å². The zero-order valence-corrected chi connectivity index (χ0v) is 20.6. The maximum atomic E-state index is 15.1. The lowest BCUT2D eigenvalue weighted by Crippen LogP contribution is -2.55. The molecule has 9 atom stereocenters. The predicted molar refractivity (Wildman–Crippen MR) is 129 cm³/mol. The van der Waals surface area contributed by atoms with E-state index >= 15 is 4.39 Å². The first-order valence-electron chi connectivity index (χ1n) is 11.9. The van der Waals surface area contributed by atoms with Crippen LogP contribution in [0.3, 0.4) is 0 Å². The van der Waals surface area contributed by atoms with Crippen molar-refractivity contribution in [2.45, 2.75) is 68.3 Å². The van der Waals surface area contributed by atoms with Gasteiger partial charge in [0.2, 0.25) is 0 Å². The molecule has 0 amide bonds. The third-order valence-corrected chi connectivity index (χ3v) is 6.86. The Morgan fingerprint density at radius 1 is 0.784 bits per heavy atom. The molecule has 206 valence electrons. The summed E-state index contributed by atoms with van der Waals surface area (Å²) in [5.41, 5.74) is 2.35. The molecule has 4 rings (SSSR count). The van der Waals surface area contributed by atoms with Crippen LogP contribution in [0, 0.1) is 12.7 Å². The fourth-order valence-electron chi connectivity index (χ4n) is 4.82. The molecular formula is C26H35FO10. The highest BCUT2D eigenvalue weighted by molar-refractivity contribution is 5.66. The summed E-state index contributed by atoms with van der Waals surface area (Å²) in [6.45, 7) is 0.775. The van der Waals surface area contributed by atoms with E-state index in [4.69, 9.17) is 14.6 Å². The van der Waals surface area contributed by atoms with Crippen LogP contribution >= 0.6 is 0 Å². The largest absolute Gasteiger partial charge is 0.400 e. The molecule has 2 heterocycles. The Labute approximate surface area is 213 Å². The number of benzene rings is 2. The summed E-state index contributed by atoms with van der Waals surface area (Å²) in [6, 6.07) is 9.36. The number of aryl methyl sites for hydroxylation is 1. The third-order valence-electron chi connectivity index (χ3n) is 6.86. The van der Waals surface area contributed by atoms with E-state index in [1.165, 1.54) is 6.07 Å². The van der Waals surface area contributed by atoms with E-state index in [2.05, 4.69) is 0 Å². The zero-order valence-electron chi connectivity index (χ0n) is 20.6. The molecule has 2 saturated heterocycles. The monoisotopic (exact) mass is 526 g/mol. The van der Waals surface area contributed by atoms with Crippen molar-refractivity contribution in [2.75, 3.05) is 20.3 Å². The van der Waals surface area contributed by atoms with Gasteiger partial charge in [0, 0.05) is 19.1 Å². The highest BCUT2D eigenvalue weighted by atomic mass is 19.1. The van der Waals surface area contributed by atoms with Crippen molar-refractivity contribution in [3.63, 3.8) is 0 Å². The summed E-state index contributed by atoms with van der Waals surface area (Å²) in [7, 11) is 1.00. The van der Waals surface area contributed by atoms with Crippen LogP contribution in [0.1, 0.15) is 35.3 Å². The molecule has 11 heteroatoms. The second-order valence-electron chi connectivity index (χ2n) is 9.21. The molecule has 0 aromatic heterocycles. The van der Waals surface area contributed by atoms with Gasteiger partial charge in [-0.15, -0.1) is 0 Å². The van der Waals surface area contributed by atoms with Gasteiger partial charge in [-0.1, -0.05) is 30.3 Å². The van der Waals surface area contributed by atoms with E-state index in [1.807, 2.05) is 0 Å². The SMILES string of the molecule is CO.Cc1cc(-c2ccc([C@H]3OC(CO)[C@@H](O)CC3O)cc2F)ccc1[C@H]1OC(CO)[C@@H](O)C(O)C1O. The van der Waals surface area contributed by atoms with Crippen LogP contribution in [0.15, 0.2) is 36.4 Å². The molecule has 37 heavy (non-hydrogen) atoms. The molecule has 0 aliphatic carbocycles. The molecule has 2 aromatic rings. The zero-order chi connectivity index (χ0) is 27.4. The Balaban J connectivity index is 0.00000186. The molecule has 0 spiro atoms. The number of ether oxygens (including phenoxy) is 2. The molecule has 2 fully saturated rings. The van der Waals surface area contributed by atoms with Gasteiger partial charge in [-0.3, -0.25) is 0 Å². The van der Waals surface area contributed by atoms with Crippen LogP contribution in [-0.2, 0) is 9.47 Å². The van der Waals surface area contributed by atoms with Gasteiger partial charge >= 0.3 is 0 Å². The summed E-state index contributed by atoms with van der Waals surface area (Å²) in [5.74, 6) is -0.565. The maximum Gasteiger partial charge on any atom is 0.131 e. The number of hydrogen-bond acceptors (Lipinski definition) is 10. The van der Waals surface area contributed by atoms with Crippen LogP contribution in [0.2, 0.25) is 0 Å². The Kier molecular flexibility index (Phi) is 10.1. The number of rotatable bonds is 5. The normalized spacial score (nSPS) is 34.0. The number of aliphatic hydroxyl groups is 8. The van der Waals surface area contributed by atoms with Crippen molar-refractivity contribution < 1.29 is 54.7 Å². The second kappa shape index (κ2) is 12.7. The quantitative estimate of drug-likeness (QED) is 0.252. The van der Waals surface area contributed by atoms with Gasteiger partial charge in [-0.25, -0.2) is 4.39 Å². The van der Waals surface area contributed by atoms with E-state index in [0.717, 1.165) is 7.11 Å². The van der Waals surface area contributed by atoms with Gasteiger partial charge in [-0.2, -0.15) is 0 Å². The molecule has 2 aliphatic heterocycles. The molecule has 0 saturated carbocycles. The molecule has 5 unspecified atom stereocenters. The van der Waals surface area contributed by atoms with Crippen LogP contribution in [0.4, 0.5) is 4.39 Å². The highest BCUT2D eigenvalue weighted by Gasteiger charge is 2.44. The van der Waals surface area contributed by atoms with Gasteiger partial charge in [0.05, 0.1) is 25.4 Å². The summed E-state index contributed by atoms with van der Waals surface area (Å²) in [6.07, 6.45) is -10.2. The molecule has 0 bridgehead atoms. The van der Waals surface area contributed by atoms with E-state index in [9.17, 15) is 35.7 Å². The summed E-state index contributed by atoms with van der Waals surface area (Å²) < 4.78 is 26.3.